The molecule has 2 atom stereocenters. The minimum absolute atomic E-state index is 0.547. The second-order valence-corrected chi connectivity index (χ2v) is 5.15. The van der Waals surface area contributed by atoms with Crippen molar-refractivity contribution in [2.75, 3.05) is 13.1 Å². The molecule has 1 fully saturated rings. The molecule has 0 amide bonds. The molecule has 0 N–H and O–H groups in total. The number of likely N-dealkylation sites (tertiary alicyclic amines) is 1. The summed E-state index contributed by atoms with van der Waals surface area (Å²) in [4.78, 5) is 0. The van der Waals surface area contributed by atoms with E-state index in [4.69, 9.17) is 0 Å². The maximum Gasteiger partial charge on any atom is 0.0994 e. The molecule has 1 nitrogen and oxygen atoms in total. The average Bonchev–Trinajstić information content (AvgIpc) is 2.10. The highest BCUT2D eigenvalue weighted by Crippen LogP contribution is 2.46. The van der Waals surface area contributed by atoms with E-state index >= 15 is 0 Å². The van der Waals surface area contributed by atoms with Gasteiger partial charge in [-0.2, -0.15) is 0 Å². The van der Waals surface area contributed by atoms with Crippen LogP contribution in [0.1, 0.15) is 53.9 Å². The Kier molecular flexibility index (Phi) is 3.06. The van der Waals surface area contributed by atoms with Crippen LogP contribution in [-0.4, -0.2) is 29.2 Å². The van der Waals surface area contributed by atoms with Gasteiger partial charge in [0, 0.05) is 0 Å². The normalized spacial score (nSPS) is 37.2. The molecule has 1 aliphatic rings. The van der Waals surface area contributed by atoms with Crippen molar-refractivity contribution in [2.45, 2.75) is 65.5 Å². The molecule has 0 aromatic heterocycles. The van der Waals surface area contributed by atoms with Gasteiger partial charge < -0.3 is 4.48 Å². The van der Waals surface area contributed by atoms with E-state index in [0.29, 0.717) is 5.54 Å². The zero-order chi connectivity index (χ0) is 10.1. The van der Waals surface area contributed by atoms with Gasteiger partial charge in [0.2, 0.25) is 0 Å². The first-order chi connectivity index (χ1) is 6.04. The van der Waals surface area contributed by atoms with Gasteiger partial charge in [-0.25, -0.2) is 0 Å². The molecule has 0 aromatic carbocycles. The molecule has 0 bridgehead atoms. The van der Waals surface area contributed by atoms with Gasteiger partial charge in [0.25, 0.3) is 0 Å². The molecule has 2 unspecified atom stereocenters. The Balaban J connectivity index is 2.78. The Morgan fingerprint density at radius 2 is 1.85 bits per heavy atom. The SMILES string of the molecule is CCC[N+]1(CC)C(CC)CC1(C)C. The lowest BCUT2D eigenvalue weighted by Gasteiger charge is -2.64. The first kappa shape index (κ1) is 11.0. The van der Waals surface area contributed by atoms with E-state index in [1.165, 1.54) is 36.8 Å². The monoisotopic (exact) mass is 184 g/mol. The summed E-state index contributed by atoms with van der Waals surface area (Å²) >= 11 is 0. The van der Waals surface area contributed by atoms with E-state index in [2.05, 4.69) is 34.6 Å². The lowest BCUT2D eigenvalue weighted by molar-refractivity contribution is -1.04. The summed E-state index contributed by atoms with van der Waals surface area (Å²) in [6.45, 7) is 14.6. The molecule has 0 radical (unpaired) electrons. The third kappa shape index (κ3) is 1.41. The van der Waals surface area contributed by atoms with Crippen molar-refractivity contribution in [3.8, 4) is 0 Å². The largest absolute Gasteiger partial charge is 0.317 e. The smallest absolute Gasteiger partial charge is 0.0994 e. The molecule has 0 spiro atoms. The van der Waals surface area contributed by atoms with Crippen LogP contribution in [0.5, 0.6) is 0 Å². The molecule has 1 rings (SSSR count). The average molecular weight is 184 g/mol. The van der Waals surface area contributed by atoms with E-state index in [-0.39, 0.29) is 0 Å². The molecule has 78 valence electrons. The van der Waals surface area contributed by atoms with Crippen LogP contribution in [0.3, 0.4) is 0 Å². The summed E-state index contributed by atoms with van der Waals surface area (Å²) in [5.41, 5.74) is 0.547. The minimum atomic E-state index is 0.547. The van der Waals surface area contributed by atoms with E-state index in [1.54, 1.807) is 0 Å². The quantitative estimate of drug-likeness (QED) is 0.589. The summed E-state index contributed by atoms with van der Waals surface area (Å²) in [5.74, 6) is 0. The highest BCUT2D eigenvalue weighted by atomic mass is 15.5. The van der Waals surface area contributed by atoms with Crippen molar-refractivity contribution in [1.29, 1.82) is 0 Å². The molecule has 1 heteroatoms. The minimum Gasteiger partial charge on any atom is -0.317 e. The van der Waals surface area contributed by atoms with Crippen LogP contribution < -0.4 is 0 Å². The molecular formula is C12H26N+. The number of rotatable bonds is 4. The van der Waals surface area contributed by atoms with Crippen molar-refractivity contribution in [3.05, 3.63) is 0 Å². The van der Waals surface area contributed by atoms with Gasteiger partial charge >= 0.3 is 0 Å². The second-order valence-electron chi connectivity index (χ2n) is 5.15. The van der Waals surface area contributed by atoms with Gasteiger partial charge in [-0.05, 0) is 33.6 Å². The number of hydrogen-bond acceptors (Lipinski definition) is 0. The number of quaternary nitrogens is 1. The summed E-state index contributed by atoms with van der Waals surface area (Å²) in [5, 5.41) is 0. The number of hydrogen-bond donors (Lipinski definition) is 0. The first-order valence-corrected chi connectivity index (χ1v) is 5.91. The van der Waals surface area contributed by atoms with E-state index < -0.39 is 0 Å². The van der Waals surface area contributed by atoms with Crippen LogP contribution in [0.2, 0.25) is 0 Å². The molecule has 0 aliphatic carbocycles. The van der Waals surface area contributed by atoms with Crippen LogP contribution in [0.25, 0.3) is 0 Å². The fraction of sp³-hybridized carbons (Fsp3) is 1.00. The van der Waals surface area contributed by atoms with E-state index in [0.717, 1.165) is 6.04 Å². The van der Waals surface area contributed by atoms with Gasteiger partial charge in [0.1, 0.15) is 0 Å². The summed E-state index contributed by atoms with van der Waals surface area (Å²) in [6, 6.07) is 0.944. The van der Waals surface area contributed by atoms with Crippen LogP contribution in [-0.2, 0) is 0 Å². The second kappa shape index (κ2) is 3.61. The third-order valence-electron chi connectivity index (χ3n) is 4.30. The molecular weight excluding hydrogens is 158 g/mol. The van der Waals surface area contributed by atoms with Crippen molar-refractivity contribution in [3.63, 3.8) is 0 Å². The van der Waals surface area contributed by atoms with Gasteiger partial charge in [-0.15, -0.1) is 0 Å². The van der Waals surface area contributed by atoms with Gasteiger partial charge in [-0.3, -0.25) is 0 Å². The Morgan fingerprint density at radius 3 is 2.15 bits per heavy atom. The maximum absolute atomic E-state index is 2.44. The van der Waals surface area contributed by atoms with Crippen molar-refractivity contribution in [1.82, 2.24) is 0 Å². The number of nitrogens with zero attached hydrogens (tertiary/aromatic N) is 1. The molecule has 1 saturated heterocycles. The van der Waals surface area contributed by atoms with Gasteiger partial charge in [0.15, 0.2) is 0 Å². The molecule has 0 saturated carbocycles. The molecule has 0 aromatic rings. The highest BCUT2D eigenvalue weighted by Gasteiger charge is 2.57. The Bertz CT molecular complexity index is 174. The van der Waals surface area contributed by atoms with Gasteiger partial charge in [-0.1, -0.05) is 13.8 Å². The van der Waals surface area contributed by atoms with Gasteiger partial charge in [0.05, 0.1) is 31.1 Å². The fourth-order valence-electron chi connectivity index (χ4n) is 3.54. The summed E-state index contributed by atoms with van der Waals surface area (Å²) < 4.78 is 1.38. The fourth-order valence-corrected chi connectivity index (χ4v) is 3.54. The van der Waals surface area contributed by atoms with Crippen molar-refractivity contribution < 1.29 is 4.48 Å². The van der Waals surface area contributed by atoms with Crippen LogP contribution in [0.15, 0.2) is 0 Å². The predicted octanol–water partition coefficient (Wildman–Crippen LogP) is 3.19. The Morgan fingerprint density at radius 1 is 1.23 bits per heavy atom. The summed E-state index contributed by atoms with van der Waals surface area (Å²) in [7, 11) is 0. The van der Waals surface area contributed by atoms with Crippen LogP contribution in [0, 0.1) is 0 Å². The zero-order valence-electron chi connectivity index (χ0n) is 10.1. The lowest BCUT2D eigenvalue weighted by Crippen LogP contribution is -2.76. The maximum atomic E-state index is 2.44. The zero-order valence-corrected chi connectivity index (χ0v) is 10.1. The molecule has 1 aliphatic heterocycles. The predicted molar refractivity (Wildman–Crippen MR) is 58.7 cm³/mol. The Labute approximate surface area is 83.7 Å². The van der Waals surface area contributed by atoms with Crippen molar-refractivity contribution >= 4 is 0 Å². The standard InChI is InChI=1S/C12H26N/c1-6-9-13(8-3)11(7-2)10-12(13,4)5/h11H,6-10H2,1-5H3/q+1. The first-order valence-electron chi connectivity index (χ1n) is 5.91. The highest BCUT2D eigenvalue weighted by molar-refractivity contribution is 4.87. The third-order valence-corrected chi connectivity index (χ3v) is 4.30. The topological polar surface area (TPSA) is 0 Å². The Hall–Kier alpha value is -0.0400. The lowest BCUT2D eigenvalue weighted by atomic mass is 9.75. The van der Waals surface area contributed by atoms with Crippen LogP contribution >= 0.6 is 0 Å². The van der Waals surface area contributed by atoms with Crippen molar-refractivity contribution in [2.24, 2.45) is 0 Å². The van der Waals surface area contributed by atoms with E-state index in [1.807, 2.05) is 0 Å². The van der Waals surface area contributed by atoms with Crippen LogP contribution in [0.4, 0.5) is 0 Å². The van der Waals surface area contributed by atoms with E-state index in [9.17, 15) is 0 Å². The summed E-state index contributed by atoms with van der Waals surface area (Å²) in [6.07, 6.45) is 4.11. The molecule has 13 heavy (non-hydrogen) atoms. The molecule has 1 heterocycles.